The van der Waals surface area contributed by atoms with Crippen LogP contribution in [-0.4, -0.2) is 64.9 Å². The Morgan fingerprint density at radius 3 is 2.64 bits per heavy atom. The van der Waals surface area contributed by atoms with Crippen LogP contribution in [0.15, 0.2) is 17.6 Å². The van der Waals surface area contributed by atoms with Crippen molar-refractivity contribution in [3.63, 3.8) is 0 Å². The quantitative estimate of drug-likeness (QED) is 0.863. The number of carbonyl (C=O) groups is 2. The number of pyridine rings is 1. The molecule has 7 heteroatoms. The van der Waals surface area contributed by atoms with Crippen molar-refractivity contribution in [3.05, 3.63) is 28.9 Å². The van der Waals surface area contributed by atoms with Gasteiger partial charge in [-0.3, -0.25) is 14.5 Å². The Kier molecular flexibility index (Phi) is 4.59. The summed E-state index contributed by atoms with van der Waals surface area (Å²) >= 11 is 1.52. The van der Waals surface area contributed by atoms with Crippen LogP contribution in [0.1, 0.15) is 53.5 Å². The maximum absolute atomic E-state index is 13.0. The molecule has 0 saturated carbocycles. The smallest absolute Gasteiger partial charge is 0.270 e. The highest BCUT2D eigenvalue weighted by molar-refractivity contribution is 7.17. The second-order valence-corrected chi connectivity index (χ2v) is 9.24. The molecule has 1 N–H and O–H groups in total. The third kappa shape index (κ3) is 3.01. The number of hydrogen-bond donors (Lipinski definition) is 1. The molecule has 28 heavy (non-hydrogen) atoms. The first kappa shape index (κ1) is 18.1. The van der Waals surface area contributed by atoms with Crippen molar-refractivity contribution < 1.29 is 9.59 Å². The molecule has 2 bridgehead atoms. The molecule has 4 aliphatic heterocycles. The normalized spacial score (nSPS) is 29.4. The predicted octanol–water partition coefficient (Wildman–Crippen LogP) is 2.74. The number of amides is 2. The molecule has 6 rings (SSSR count). The third-order valence-electron chi connectivity index (χ3n) is 6.79. The van der Waals surface area contributed by atoms with Crippen LogP contribution in [0.5, 0.6) is 0 Å². The summed E-state index contributed by atoms with van der Waals surface area (Å²) in [7, 11) is 0. The zero-order valence-electron chi connectivity index (χ0n) is 16.2. The Morgan fingerprint density at radius 2 is 1.93 bits per heavy atom. The van der Waals surface area contributed by atoms with E-state index in [0.29, 0.717) is 23.2 Å². The van der Waals surface area contributed by atoms with E-state index < -0.39 is 0 Å². The molecule has 4 fully saturated rings. The summed E-state index contributed by atoms with van der Waals surface area (Å²) in [6, 6.07) is 2.35. The molecule has 0 spiro atoms. The molecule has 2 aromatic heterocycles. The largest absolute Gasteiger partial charge is 0.346 e. The second-order valence-electron chi connectivity index (χ2n) is 8.33. The zero-order valence-corrected chi connectivity index (χ0v) is 17.0. The first-order valence-electron chi connectivity index (χ1n) is 10.3. The number of carbonyl (C=O) groups excluding carboxylic acids is 2. The molecule has 6 nitrogen and oxygen atoms in total. The van der Waals surface area contributed by atoms with Gasteiger partial charge < -0.3 is 10.2 Å². The summed E-state index contributed by atoms with van der Waals surface area (Å²) in [4.78, 5) is 34.6. The SMILES string of the molecule is CC1C(NC(=O)c2cc3c(C(=O)N4CCCC4)csc3cn2)C2CCN1CC2. The zero-order chi connectivity index (χ0) is 19.3. The van der Waals surface area contributed by atoms with Crippen LogP contribution < -0.4 is 5.32 Å². The molecular formula is C21H26N4O2S. The van der Waals surface area contributed by atoms with Crippen LogP contribution in [0.3, 0.4) is 0 Å². The summed E-state index contributed by atoms with van der Waals surface area (Å²) in [5, 5.41) is 6.00. The lowest BCUT2D eigenvalue weighted by atomic mass is 9.79. The molecule has 2 amide bonds. The maximum atomic E-state index is 13.0. The molecule has 0 aromatic carbocycles. The summed E-state index contributed by atoms with van der Waals surface area (Å²) in [6.07, 6.45) is 6.18. The van der Waals surface area contributed by atoms with Crippen LogP contribution in [0.4, 0.5) is 0 Å². The van der Waals surface area contributed by atoms with Gasteiger partial charge in [0.15, 0.2) is 0 Å². The molecule has 0 radical (unpaired) electrons. The lowest BCUT2D eigenvalue weighted by Crippen LogP contribution is -2.62. The van der Waals surface area contributed by atoms with E-state index in [4.69, 9.17) is 0 Å². The summed E-state index contributed by atoms with van der Waals surface area (Å²) in [5.41, 5.74) is 1.11. The molecule has 4 saturated heterocycles. The van der Waals surface area contributed by atoms with Crippen molar-refractivity contribution in [2.75, 3.05) is 26.2 Å². The van der Waals surface area contributed by atoms with Crippen LogP contribution >= 0.6 is 11.3 Å². The average molecular weight is 399 g/mol. The fourth-order valence-corrected chi connectivity index (χ4v) is 5.97. The van der Waals surface area contributed by atoms with Crippen molar-refractivity contribution >= 4 is 33.2 Å². The summed E-state index contributed by atoms with van der Waals surface area (Å²) in [6.45, 7) is 6.13. The van der Waals surface area contributed by atoms with Crippen LogP contribution in [-0.2, 0) is 0 Å². The number of piperidine rings is 3. The topological polar surface area (TPSA) is 65.5 Å². The van der Waals surface area contributed by atoms with Crippen LogP contribution in [0.2, 0.25) is 0 Å². The van der Waals surface area contributed by atoms with Crippen molar-refractivity contribution in [2.45, 2.75) is 44.7 Å². The number of nitrogens with one attached hydrogen (secondary N) is 1. The van der Waals surface area contributed by atoms with E-state index in [1.807, 2.05) is 10.3 Å². The Hall–Kier alpha value is -1.99. The minimum Gasteiger partial charge on any atom is -0.346 e. The number of likely N-dealkylation sites (tertiary alicyclic amines) is 1. The number of nitrogens with zero attached hydrogens (tertiary/aromatic N) is 3. The lowest BCUT2D eigenvalue weighted by molar-refractivity contribution is 0.0216. The van der Waals surface area contributed by atoms with Gasteiger partial charge in [0.2, 0.25) is 0 Å². The van der Waals surface area contributed by atoms with Gasteiger partial charge in [-0.05, 0) is 57.7 Å². The first-order chi connectivity index (χ1) is 13.6. The molecule has 148 valence electrons. The van der Waals surface area contributed by atoms with Crippen molar-refractivity contribution in [3.8, 4) is 0 Å². The van der Waals surface area contributed by atoms with E-state index in [1.54, 1.807) is 12.3 Å². The van der Waals surface area contributed by atoms with Crippen molar-refractivity contribution in [2.24, 2.45) is 5.92 Å². The molecule has 0 aliphatic carbocycles. The van der Waals surface area contributed by atoms with E-state index in [9.17, 15) is 9.59 Å². The first-order valence-corrected chi connectivity index (χ1v) is 11.2. The Bertz CT molecular complexity index is 910. The third-order valence-corrected chi connectivity index (χ3v) is 7.73. The number of aromatic nitrogens is 1. The number of rotatable bonds is 3. The monoisotopic (exact) mass is 398 g/mol. The number of fused-ring (bicyclic) bond motifs is 4. The van der Waals surface area contributed by atoms with Gasteiger partial charge >= 0.3 is 0 Å². The van der Waals surface area contributed by atoms with Crippen LogP contribution in [0, 0.1) is 5.92 Å². The highest BCUT2D eigenvalue weighted by Gasteiger charge is 2.40. The maximum Gasteiger partial charge on any atom is 0.270 e. The highest BCUT2D eigenvalue weighted by atomic mass is 32.1. The molecule has 2 atom stereocenters. The molecule has 4 aliphatic rings. The predicted molar refractivity (Wildman–Crippen MR) is 110 cm³/mol. The van der Waals surface area contributed by atoms with Gasteiger partial charge in [0.25, 0.3) is 11.8 Å². The van der Waals surface area contributed by atoms with Crippen molar-refractivity contribution in [1.82, 2.24) is 20.1 Å². The van der Waals surface area contributed by atoms with Gasteiger partial charge in [-0.2, -0.15) is 0 Å². The van der Waals surface area contributed by atoms with Crippen molar-refractivity contribution in [1.29, 1.82) is 0 Å². The van der Waals surface area contributed by atoms with E-state index in [2.05, 4.69) is 22.1 Å². The Labute approximate surface area is 168 Å². The molecule has 6 heterocycles. The molecule has 2 aromatic rings. The average Bonchev–Trinajstić information content (AvgIpc) is 3.40. The number of thiophene rings is 1. The van der Waals surface area contributed by atoms with E-state index in [0.717, 1.165) is 61.9 Å². The van der Waals surface area contributed by atoms with E-state index >= 15 is 0 Å². The fourth-order valence-electron chi connectivity index (χ4n) is 5.08. The van der Waals surface area contributed by atoms with Crippen LogP contribution in [0.25, 0.3) is 10.1 Å². The van der Waals surface area contributed by atoms with Gasteiger partial charge in [-0.15, -0.1) is 11.3 Å². The van der Waals surface area contributed by atoms with Gasteiger partial charge in [0.1, 0.15) is 5.69 Å². The van der Waals surface area contributed by atoms with Gasteiger partial charge in [-0.1, -0.05) is 0 Å². The number of hydrogen-bond acceptors (Lipinski definition) is 5. The van der Waals surface area contributed by atoms with Gasteiger partial charge in [-0.25, -0.2) is 4.98 Å². The standard InChI is InChI=1S/C21H26N4O2S/c1-13-19(14-4-8-24(13)9-5-14)23-20(26)17-10-15-16(12-28-18(15)11-22-17)21(27)25-6-2-3-7-25/h10-14,19H,2-9H2,1H3,(H,23,26). The minimum atomic E-state index is -0.127. The second kappa shape index (κ2) is 7.12. The van der Waals surface area contributed by atoms with E-state index in [1.165, 1.54) is 11.3 Å². The summed E-state index contributed by atoms with van der Waals surface area (Å²) in [5.74, 6) is 0.506. The highest BCUT2D eigenvalue weighted by Crippen LogP contribution is 2.32. The minimum absolute atomic E-state index is 0.0762. The van der Waals surface area contributed by atoms with Gasteiger partial charge in [0, 0.05) is 42.1 Å². The van der Waals surface area contributed by atoms with Gasteiger partial charge in [0.05, 0.1) is 10.3 Å². The Balaban J connectivity index is 1.39. The summed E-state index contributed by atoms with van der Waals surface area (Å²) < 4.78 is 0.954. The Morgan fingerprint density at radius 1 is 1.18 bits per heavy atom. The molecule has 2 unspecified atom stereocenters. The fraction of sp³-hybridized carbons (Fsp3) is 0.571. The lowest BCUT2D eigenvalue weighted by Gasteiger charge is -2.49. The molecular weight excluding hydrogens is 372 g/mol. The van der Waals surface area contributed by atoms with E-state index in [-0.39, 0.29) is 17.9 Å².